The van der Waals surface area contributed by atoms with Crippen LogP contribution in [0.4, 0.5) is 10.1 Å². The Bertz CT molecular complexity index is 435. The lowest BCUT2D eigenvalue weighted by atomic mass is 10.1. The molecule has 1 aromatic rings. The number of halogens is 1. The predicted molar refractivity (Wildman–Crippen MR) is 85.3 cm³/mol. The Balaban J connectivity index is 2.10. The minimum absolute atomic E-state index is 0.112. The quantitative estimate of drug-likeness (QED) is 0.670. The highest BCUT2D eigenvalue weighted by Crippen LogP contribution is 2.34. The number of methoxy groups -OCH3 is 1. The van der Waals surface area contributed by atoms with Crippen molar-refractivity contribution in [3.05, 3.63) is 29.6 Å². The maximum absolute atomic E-state index is 14.2. The van der Waals surface area contributed by atoms with Crippen LogP contribution in [0.25, 0.3) is 0 Å². The molecule has 1 aliphatic rings. The fraction of sp³-hybridized carbons (Fsp3) is 0.647. The van der Waals surface area contributed by atoms with Gasteiger partial charge < -0.3 is 15.0 Å². The number of hydrogen-bond acceptors (Lipinski definition) is 3. The summed E-state index contributed by atoms with van der Waals surface area (Å²) in [4.78, 5) is 2.40. The summed E-state index contributed by atoms with van der Waals surface area (Å²) in [5.41, 5.74) is 1.85. The second-order valence-corrected chi connectivity index (χ2v) is 5.69. The maximum atomic E-state index is 14.2. The highest BCUT2D eigenvalue weighted by Gasteiger charge is 2.30. The van der Waals surface area contributed by atoms with Crippen LogP contribution in [0.15, 0.2) is 18.2 Å². The van der Waals surface area contributed by atoms with E-state index >= 15 is 0 Å². The van der Waals surface area contributed by atoms with Crippen LogP contribution in [0.2, 0.25) is 0 Å². The molecule has 0 radical (unpaired) electrons. The lowest BCUT2D eigenvalue weighted by Gasteiger charge is -2.27. The number of nitrogens with one attached hydrogen (secondary N) is 1. The van der Waals surface area contributed by atoms with Crippen molar-refractivity contribution in [2.45, 2.75) is 45.2 Å². The summed E-state index contributed by atoms with van der Waals surface area (Å²) in [7, 11) is 1.68. The smallest absolute Gasteiger partial charge is 0.129 e. The van der Waals surface area contributed by atoms with Crippen molar-refractivity contribution in [3.63, 3.8) is 0 Å². The van der Waals surface area contributed by atoms with Gasteiger partial charge in [-0.05, 0) is 31.4 Å². The fourth-order valence-electron chi connectivity index (χ4n) is 2.59. The molecule has 118 valence electrons. The molecule has 0 amide bonds. The van der Waals surface area contributed by atoms with Crippen LogP contribution in [0.5, 0.6) is 0 Å². The number of rotatable bonds is 10. The molecule has 2 rings (SSSR count). The topological polar surface area (TPSA) is 24.5 Å². The van der Waals surface area contributed by atoms with Crippen LogP contribution in [0, 0.1) is 5.82 Å². The number of anilines is 1. The van der Waals surface area contributed by atoms with Gasteiger partial charge in [0.05, 0.1) is 6.61 Å². The van der Waals surface area contributed by atoms with Crippen molar-refractivity contribution in [3.8, 4) is 0 Å². The van der Waals surface area contributed by atoms with E-state index in [1.165, 1.54) is 19.3 Å². The van der Waals surface area contributed by atoms with Crippen LogP contribution in [-0.4, -0.2) is 32.8 Å². The first-order valence-corrected chi connectivity index (χ1v) is 8.01. The Morgan fingerprint density at radius 3 is 2.86 bits per heavy atom. The second-order valence-electron chi connectivity index (χ2n) is 5.69. The number of hydrogen-bond donors (Lipinski definition) is 1. The summed E-state index contributed by atoms with van der Waals surface area (Å²) in [6.45, 7) is 5.16. The van der Waals surface area contributed by atoms with Crippen LogP contribution < -0.4 is 10.2 Å². The molecule has 1 N–H and O–H groups in total. The van der Waals surface area contributed by atoms with Gasteiger partial charge in [-0.1, -0.05) is 19.4 Å². The van der Waals surface area contributed by atoms with Gasteiger partial charge in [0.25, 0.3) is 0 Å². The van der Waals surface area contributed by atoms with E-state index in [0.717, 1.165) is 30.8 Å². The first-order valence-electron chi connectivity index (χ1n) is 8.01. The fourth-order valence-corrected chi connectivity index (χ4v) is 2.59. The van der Waals surface area contributed by atoms with Gasteiger partial charge in [0.2, 0.25) is 0 Å². The van der Waals surface area contributed by atoms with Gasteiger partial charge >= 0.3 is 0 Å². The predicted octanol–water partition coefficient (Wildman–Crippen LogP) is 3.33. The third-order valence-electron chi connectivity index (χ3n) is 3.93. The second kappa shape index (κ2) is 8.35. The molecule has 1 fully saturated rings. The standard InChI is InChI=1S/C17H27FN2O/c1-3-4-11-20(14-8-9-14)17-7-5-6-16(18)15(17)13-19-10-12-21-2/h5-7,14,19H,3-4,8-13H2,1-2H3. The van der Waals surface area contributed by atoms with Gasteiger partial charge in [0.15, 0.2) is 0 Å². The SMILES string of the molecule is CCCCN(c1cccc(F)c1CNCCOC)C1CC1. The number of benzene rings is 1. The van der Waals surface area contributed by atoms with Gasteiger partial charge in [0, 0.05) is 44.0 Å². The Labute approximate surface area is 127 Å². The molecule has 1 aliphatic carbocycles. The molecule has 3 nitrogen and oxygen atoms in total. The van der Waals surface area contributed by atoms with E-state index in [0.29, 0.717) is 19.2 Å². The molecular formula is C17H27FN2O. The van der Waals surface area contributed by atoms with Crippen LogP contribution in [0.3, 0.4) is 0 Å². The zero-order chi connectivity index (χ0) is 15.1. The van der Waals surface area contributed by atoms with Crippen LogP contribution in [-0.2, 0) is 11.3 Å². The van der Waals surface area contributed by atoms with E-state index in [4.69, 9.17) is 4.74 Å². The molecule has 1 aromatic carbocycles. The summed E-state index contributed by atoms with van der Waals surface area (Å²) < 4.78 is 19.3. The average Bonchev–Trinajstić information content (AvgIpc) is 3.31. The third-order valence-corrected chi connectivity index (χ3v) is 3.93. The van der Waals surface area contributed by atoms with Crippen molar-refractivity contribution in [1.82, 2.24) is 5.32 Å². The molecule has 0 bridgehead atoms. The van der Waals surface area contributed by atoms with E-state index in [9.17, 15) is 4.39 Å². The normalized spacial score (nSPS) is 14.4. The van der Waals surface area contributed by atoms with E-state index < -0.39 is 0 Å². The molecule has 21 heavy (non-hydrogen) atoms. The molecule has 0 unspecified atom stereocenters. The minimum atomic E-state index is -0.112. The van der Waals surface area contributed by atoms with E-state index in [-0.39, 0.29) is 5.82 Å². The molecule has 0 spiro atoms. The molecule has 1 saturated carbocycles. The highest BCUT2D eigenvalue weighted by atomic mass is 19.1. The monoisotopic (exact) mass is 294 g/mol. The highest BCUT2D eigenvalue weighted by molar-refractivity contribution is 5.56. The van der Waals surface area contributed by atoms with Crippen LogP contribution >= 0.6 is 0 Å². The van der Waals surface area contributed by atoms with E-state index in [1.54, 1.807) is 13.2 Å². The zero-order valence-corrected chi connectivity index (χ0v) is 13.2. The zero-order valence-electron chi connectivity index (χ0n) is 13.2. The number of unbranched alkanes of at least 4 members (excludes halogenated alkanes) is 1. The summed E-state index contributed by atoms with van der Waals surface area (Å²) >= 11 is 0. The van der Waals surface area contributed by atoms with Gasteiger partial charge in [-0.2, -0.15) is 0 Å². The number of nitrogens with zero attached hydrogens (tertiary/aromatic N) is 1. The van der Waals surface area contributed by atoms with Gasteiger partial charge in [-0.15, -0.1) is 0 Å². The Hall–Kier alpha value is -1.13. The summed E-state index contributed by atoms with van der Waals surface area (Å²) in [5, 5.41) is 3.26. The Morgan fingerprint density at radius 2 is 2.19 bits per heavy atom. The largest absolute Gasteiger partial charge is 0.383 e. The number of ether oxygens (including phenoxy) is 1. The van der Waals surface area contributed by atoms with E-state index in [2.05, 4.69) is 23.2 Å². The molecule has 0 heterocycles. The first-order chi connectivity index (χ1) is 10.3. The van der Waals surface area contributed by atoms with Crippen molar-refractivity contribution in [2.75, 3.05) is 31.7 Å². The minimum Gasteiger partial charge on any atom is -0.383 e. The van der Waals surface area contributed by atoms with Gasteiger partial charge in [-0.3, -0.25) is 0 Å². The van der Waals surface area contributed by atoms with Crippen molar-refractivity contribution >= 4 is 5.69 Å². The lowest BCUT2D eigenvalue weighted by Crippen LogP contribution is -2.29. The summed E-state index contributed by atoms with van der Waals surface area (Å²) in [5.74, 6) is -0.112. The van der Waals surface area contributed by atoms with Crippen LogP contribution in [0.1, 0.15) is 38.2 Å². The first kappa shape index (κ1) is 16.2. The van der Waals surface area contributed by atoms with Crippen molar-refractivity contribution < 1.29 is 9.13 Å². The molecular weight excluding hydrogens is 267 g/mol. The van der Waals surface area contributed by atoms with Crippen molar-refractivity contribution in [1.29, 1.82) is 0 Å². The maximum Gasteiger partial charge on any atom is 0.129 e. The molecule has 0 atom stereocenters. The third kappa shape index (κ3) is 4.68. The average molecular weight is 294 g/mol. The van der Waals surface area contributed by atoms with Crippen molar-refractivity contribution in [2.24, 2.45) is 0 Å². The Kier molecular flexibility index (Phi) is 6.46. The molecule has 0 aliphatic heterocycles. The summed E-state index contributed by atoms with van der Waals surface area (Å²) in [6.07, 6.45) is 4.79. The summed E-state index contributed by atoms with van der Waals surface area (Å²) in [6, 6.07) is 6.05. The molecule has 0 saturated heterocycles. The van der Waals surface area contributed by atoms with Gasteiger partial charge in [0.1, 0.15) is 5.82 Å². The molecule has 4 heteroatoms. The van der Waals surface area contributed by atoms with Gasteiger partial charge in [-0.25, -0.2) is 4.39 Å². The lowest BCUT2D eigenvalue weighted by molar-refractivity contribution is 0.199. The van der Waals surface area contributed by atoms with E-state index in [1.807, 2.05) is 6.07 Å². The Morgan fingerprint density at radius 1 is 1.38 bits per heavy atom. The molecule has 0 aromatic heterocycles.